The van der Waals surface area contributed by atoms with E-state index in [-0.39, 0.29) is 28.8 Å². The number of nitrogens with zero attached hydrogens (tertiary/aromatic N) is 6. The number of hydrogen-bond donors (Lipinski definition) is 2. The van der Waals surface area contributed by atoms with Crippen molar-refractivity contribution in [1.29, 1.82) is 0 Å². The fourth-order valence-corrected chi connectivity index (χ4v) is 8.14. The second kappa shape index (κ2) is 11.3. The number of benzene rings is 1. The number of amides is 1. The zero-order valence-corrected chi connectivity index (χ0v) is 26.7. The van der Waals surface area contributed by atoms with E-state index in [1.807, 2.05) is 0 Å². The lowest BCUT2D eigenvalue weighted by Crippen LogP contribution is -2.65. The number of hydrogen-bond acceptors (Lipinski definition) is 9. The van der Waals surface area contributed by atoms with Crippen LogP contribution < -0.4 is 20.5 Å². The number of rotatable bonds is 10. The summed E-state index contributed by atoms with van der Waals surface area (Å²) in [6, 6.07) is 6.27. The molecule has 2 aromatic heterocycles. The standard InChI is InChI=1S/C34H40F2N8O3/c1-19(2)29(21-11-23(12-21)39-32(46)34(36)7-8-34)44-16-33(17-44)9-10-43(15-33)30-31(42-38-18-37-30)47-26-6-5-22(35)13-25(26)28-24(20-3-4-20)14-27(45)40-41-28/h5-6,13-14,18-21,23,29H,3-4,7-12,15-17H2,1-2H3,(H,39,46)(H,40,45)/t21?,23?,29-/m1/s1. The molecule has 47 heavy (non-hydrogen) atoms. The van der Waals surface area contributed by atoms with Gasteiger partial charge in [0.25, 0.3) is 17.3 Å². The number of likely N-dealkylation sites (tertiary alicyclic amines) is 1. The Morgan fingerprint density at radius 2 is 1.91 bits per heavy atom. The smallest absolute Gasteiger partial charge is 0.282 e. The van der Waals surface area contributed by atoms with E-state index in [1.54, 1.807) is 6.07 Å². The van der Waals surface area contributed by atoms with Crippen molar-refractivity contribution in [2.24, 2.45) is 17.3 Å². The van der Waals surface area contributed by atoms with Gasteiger partial charge >= 0.3 is 0 Å². The second-order valence-electron chi connectivity index (χ2n) is 14.8. The molecule has 1 amide bonds. The maximum atomic E-state index is 14.5. The van der Waals surface area contributed by atoms with Gasteiger partial charge in [0.1, 0.15) is 17.9 Å². The van der Waals surface area contributed by atoms with E-state index in [4.69, 9.17) is 4.74 Å². The lowest BCUT2D eigenvalue weighted by molar-refractivity contribution is -0.130. The summed E-state index contributed by atoms with van der Waals surface area (Å²) in [5, 5.41) is 18.0. The predicted octanol–water partition coefficient (Wildman–Crippen LogP) is 4.36. The van der Waals surface area contributed by atoms with Gasteiger partial charge in [-0.3, -0.25) is 14.5 Å². The SMILES string of the molecule is CC(C)[C@H](C1CC(NC(=O)C2(F)CC2)C1)N1CC2(CCN(c3ncnnc3Oc3ccc(F)cc3-c3n[nH]c(=O)cc3C3CC3)C2)C1. The van der Waals surface area contributed by atoms with Gasteiger partial charge in [-0.25, -0.2) is 18.9 Å². The molecule has 248 valence electrons. The van der Waals surface area contributed by atoms with Gasteiger partial charge in [-0.1, -0.05) is 13.8 Å². The van der Waals surface area contributed by atoms with E-state index < -0.39 is 17.4 Å². The number of anilines is 1. The molecule has 1 spiro atoms. The fourth-order valence-electron chi connectivity index (χ4n) is 8.14. The van der Waals surface area contributed by atoms with Crippen LogP contribution in [0.3, 0.4) is 0 Å². The fraction of sp³-hybridized carbons (Fsp3) is 0.588. The summed E-state index contributed by atoms with van der Waals surface area (Å²) in [4.78, 5) is 33.6. The minimum atomic E-state index is -1.62. The number of alkyl halides is 1. The first kappa shape index (κ1) is 30.3. The van der Waals surface area contributed by atoms with Gasteiger partial charge in [0.05, 0.1) is 5.69 Å². The molecule has 2 saturated heterocycles. The van der Waals surface area contributed by atoms with Gasteiger partial charge in [-0.2, -0.15) is 5.10 Å². The molecule has 2 aliphatic heterocycles. The minimum absolute atomic E-state index is 0.0738. The van der Waals surface area contributed by atoms with Crippen molar-refractivity contribution in [1.82, 2.24) is 35.6 Å². The molecule has 0 bridgehead atoms. The number of nitrogens with one attached hydrogen (secondary N) is 2. The van der Waals surface area contributed by atoms with Crippen molar-refractivity contribution in [3.05, 3.63) is 52.3 Å². The molecule has 1 atom stereocenters. The van der Waals surface area contributed by atoms with Crippen LogP contribution in [0.15, 0.2) is 35.4 Å². The normalized spacial score (nSPS) is 24.9. The molecule has 3 saturated carbocycles. The number of carbonyl (C=O) groups is 1. The van der Waals surface area contributed by atoms with E-state index in [9.17, 15) is 18.4 Å². The Morgan fingerprint density at radius 1 is 1.13 bits per heavy atom. The highest BCUT2D eigenvalue weighted by Crippen LogP contribution is 2.49. The van der Waals surface area contributed by atoms with Crippen molar-refractivity contribution >= 4 is 11.7 Å². The molecular formula is C34H40F2N8O3. The molecule has 0 unspecified atom stereocenters. The van der Waals surface area contributed by atoms with Crippen LogP contribution in [-0.2, 0) is 4.79 Å². The average molecular weight is 647 g/mol. The maximum Gasteiger partial charge on any atom is 0.282 e. The Balaban J connectivity index is 0.949. The average Bonchev–Trinajstić information content (AvgIpc) is 3.95. The summed E-state index contributed by atoms with van der Waals surface area (Å²) in [5.41, 5.74) is -0.0834. The molecule has 5 aliphatic rings. The number of halogens is 2. The van der Waals surface area contributed by atoms with Crippen LogP contribution >= 0.6 is 0 Å². The molecule has 13 heteroatoms. The van der Waals surface area contributed by atoms with Crippen molar-refractivity contribution in [2.45, 2.75) is 82.5 Å². The molecule has 4 heterocycles. The summed E-state index contributed by atoms with van der Waals surface area (Å²) < 4.78 is 35.0. The molecule has 8 rings (SSSR count). The van der Waals surface area contributed by atoms with Gasteiger partial charge in [0.15, 0.2) is 11.5 Å². The molecule has 3 aromatic rings. The third-order valence-electron chi connectivity index (χ3n) is 10.8. The molecule has 1 aromatic carbocycles. The monoisotopic (exact) mass is 646 g/mol. The molecular weight excluding hydrogens is 606 g/mol. The number of carbonyl (C=O) groups excluding carboxylic acids is 1. The number of ether oxygens (including phenoxy) is 1. The van der Waals surface area contributed by atoms with E-state index in [0.717, 1.165) is 63.8 Å². The number of aromatic nitrogens is 5. The number of H-pyrrole nitrogens is 1. The van der Waals surface area contributed by atoms with Crippen molar-refractivity contribution < 1.29 is 18.3 Å². The minimum Gasteiger partial charge on any atom is -0.434 e. The molecule has 5 fully saturated rings. The van der Waals surface area contributed by atoms with Gasteiger partial charge in [-0.15, -0.1) is 10.2 Å². The summed E-state index contributed by atoms with van der Waals surface area (Å²) in [7, 11) is 0. The summed E-state index contributed by atoms with van der Waals surface area (Å²) >= 11 is 0. The van der Waals surface area contributed by atoms with Crippen LogP contribution in [0.5, 0.6) is 11.6 Å². The first-order chi connectivity index (χ1) is 22.6. The van der Waals surface area contributed by atoms with Crippen LogP contribution in [0.25, 0.3) is 11.3 Å². The van der Waals surface area contributed by atoms with E-state index in [1.165, 1.54) is 24.5 Å². The highest BCUT2D eigenvalue weighted by molar-refractivity contribution is 5.88. The van der Waals surface area contributed by atoms with Crippen molar-refractivity contribution in [2.75, 3.05) is 31.1 Å². The quantitative estimate of drug-likeness (QED) is 0.330. The maximum absolute atomic E-state index is 14.5. The van der Waals surface area contributed by atoms with Gasteiger partial charge in [-0.05, 0) is 86.5 Å². The topological polar surface area (TPSA) is 129 Å². The highest BCUT2D eigenvalue weighted by Gasteiger charge is 2.55. The van der Waals surface area contributed by atoms with E-state index in [2.05, 4.69) is 54.3 Å². The molecule has 2 N–H and O–H groups in total. The Bertz CT molecular complexity index is 1750. The van der Waals surface area contributed by atoms with Gasteiger partial charge in [0, 0.05) is 55.3 Å². The van der Waals surface area contributed by atoms with Crippen LogP contribution in [0, 0.1) is 23.1 Å². The zero-order valence-electron chi connectivity index (χ0n) is 26.7. The third-order valence-corrected chi connectivity index (χ3v) is 10.8. The predicted molar refractivity (Wildman–Crippen MR) is 169 cm³/mol. The van der Waals surface area contributed by atoms with Gasteiger partial charge in [0.2, 0.25) is 0 Å². The van der Waals surface area contributed by atoms with E-state index in [0.29, 0.717) is 53.5 Å². The zero-order chi connectivity index (χ0) is 32.5. The first-order valence-corrected chi connectivity index (χ1v) is 16.8. The first-order valence-electron chi connectivity index (χ1n) is 16.8. The second-order valence-corrected chi connectivity index (χ2v) is 14.8. The molecule has 0 radical (unpaired) electrons. The highest BCUT2D eigenvalue weighted by atomic mass is 19.1. The van der Waals surface area contributed by atoms with Crippen molar-refractivity contribution in [3.8, 4) is 22.9 Å². The third kappa shape index (κ3) is 5.76. The summed E-state index contributed by atoms with van der Waals surface area (Å²) in [5.74, 6) is 1.47. The Kier molecular flexibility index (Phi) is 7.30. The molecule has 11 nitrogen and oxygen atoms in total. The van der Waals surface area contributed by atoms with Crippen molar-refractivity contribution in [3.63, 3.8) is 0 Å². The summed E-state index contributed by atoms with van der Waals surface area (Å²) in [6.07, 6.45) is 6.81. The summed E-state index contributed by atoms with van der Waals surface area (Å²) in [6.45, 7) is 8.08. The van der Waals surface area contributed by atoms with Crippen LogP contribution in [0.2, 0.25) is 0 Å². The van der Waals surface area contributed by atoms with Gasteiger partial charge < -0.3 is 15.0 Å². The van der Waals surface area contributed by atoms with Crippen LogP contribution in [-0.4, -0.2) is 80.1 Å². The molecule has 3 aliphatic carbocycles. The van der Waals surface area contributed by atoms with Crippen LogP contribution in [0.1, 0.15) is 70.3 Å². The van der Waals surface area contributed by atoms with E-state index >= 15 is 0 Å². The Hall–Kier alpha value is -4.00. The lowest BCUT2D eigenvalue weighted by atomic mass is 9.68. The Labute approximate surface area is 271 Å². The largest absolute Gasteiger partial charge is 0.434 e. The number of aromatic amines is 1. The van der Waals surface area contributed by atoms with Crippen LogP contribution in [0.4, 0.5) is 14.6 Å². The lowest BCUT2D eigenvalue weighted by Gasteiger charge is -2.57. The Morgan fingerprint density at radius 3 is 2.64 bits per heavy atom.